The fourth-order valence-electron chi connectivity index (χ4n) is 1.64. The average molecular weight is 299 g/mol. The lowest BCUT2D eigenvalue weighted by molar-refractivity contribution is -0.160. The van der Waals surface area contributed by atoms with Crippen LogP contribution in [0.4, 0.5) is 13.2 Å². The summed E-state index contributed by atoms with van der Waals surface area (Å²) in [5.74, 6) is 4.62. The van der Waals surface area contributed by atoms with Crippen molar-refractivity contribution in [3.8, 4) is 11.8 Å². The number of hydrogen-bond acceptors (Lipinski definition) is 2. The van der Waals surface area contributed by atoms with Gasteiger partial charge >= 0.3 is 6.18 Å². The highest BCUT2D eigenvalue weighted by atomic mass is 19.4. The highest BCUT2D eigenvalue weighted by Crippen LogP contribution is 2.20. The van der Waals surface area contributed by atoms with Gasteiger partial charge in [0.25, 0.3) is 0 Å². The SMILES string of the molecule is CN(Cc1cccc(C#CCCO)c1)C(=O)CC(F)(F)F. The molecule has 0 radical (unpaired) electrons. The van der Waals surface area contributed by atoms with E-state index >= 15 is 0 Å². The molecule has 0 aliphatic heterocycles. The Morgan fingerprint density at radius 1 is 1.38 bits per heavy atom. The van der Waals surface area contributed by atoms with E-state index < -0.39 is 18.5 Å². The normalized spacial score (nSPS) is 10.7. The lowest BCUT2D eigenvalue weighted by Crippen LogP contribution is -2.30. The van der Waals surface area contributed by atoms with E-state index in [1.54, 1.807) is 24.3 Å². The van der Waals surface area contributed by atoms with E-state index in [0.29, 0.717) is 17.5 Å². The van der Waals surface area contributed by atoms with Crippen molar-refractivity contribution in [3.63, 3.8) is 0 Å². The number of halogens is 3. The number of benzene rings is 1. The molecule has 1 rings (SSSR count). The van der Waals surface area contributed by atoms with Crippen LogP contribution >= 0.6 is 0 Å². The van der Waals surface area contributed by atoms with Crippen LogP contribution in [-0.4, -0.2) is 35.7 Å². The maximum Gasteiger partial charge on any atom is 0.397 e. The van der Waals surface area contributed by atoms with E-state index in [2.05, 4.69) is 11.8 Å². The topological polar surface area (TPSA) is 40.5 Å². The van der Waals surface area contributed by atoms with Crippen LogP contribution in [0.25, 0.3) is 0 Å². The molecule has 21 heavy (non-hydrogen) atoms. The van der Waals surface area contributed by atoms with Gasteiger partial charge in [-0.3, -0.25) is 4.79 Å². The average Bonchev–Trinajstić information content (AvgIpc) is 2.37. The lowest BCUT2D eigenvalue weighted by Gasteiger charge is -2.18. The Bertz CT molecular complexity index is 544. The van der Waals surface area contributed by atoms with E-state index in [1.165, 1.54) is 7.05 Å². The smallest absolute Gasteiger partial charge is 0.395 e. The molecule has 1 aromatic rings. The number of aliphatic hydroxyl groups is 1. The standard InChI is InChI=1S/C15H16F3NO2/c1-19(14(21)10-15(16,17)18)11-13-7-4-6-12(9-13)5-2-3-8-20/h4,6-7,9,20H,3,8,10-11H2,1H3. The molecule has 0 heterocycles. The minimum Gasteiger partial charge on any atom is -0.395 e. The van der Waals surface area contributed by atoms with Crippen LogP contribution in [-0.2, 0) is 11.3 Å². The quantitative estimate of drug-likeness (QED) is 0.867. The number of alkyl halides is 3. The maximum absolute atomic E-state index is 12.2. The van der Waals surface area contributed by atoms with E-state index in [9.17, 15) is 18.0 Å². The molecule has 0 saturated carbocycles. The number of amides is 1. The van der Waals surface area contributed by atoms with E-state index in [1.807, 2.05) is 0 Å². The molecular weight excluding hydrogens is 283 g/mol. The van der Waals surface area contributed by atoms with Crippen molar-refractivity contribution < 1.29 is 23.1 Å². The van der Waals surface area contributed by atoms with Gasteiger partial charge in [0.2, 0.25) is 5.91 Å². The molecule has 0 aliphatic rings. The Morgan fingerprint density at radius 3 is 2.71 bits per heavy atom. The summed E-state index contributed by atoms with van der Waals surface area (Å²) in [5, 5.41) is 8.63. The number of nitrogens with zero attached hydrogens (tertiary/aromatic N) is 1. The molecule has 0 aliphatic carbocycles. The third kappa shape index (κ3) is 6.82. The highest BCUT2D eigenvalue weighted by Gasteiger charge is 2.32. The lowest BCUT2D eigenvalue weighted by atomic mass is 10.1. The Kier molecular flexibility index (Phi) is 6.25. The van der Waals surface area contributed by atoms with E-state index in [4.69, 9.17) is 5.11 Å². The van der Waals surface area contributed by atoms with Crippen molar-refractivity contribution >= 4 is 5.91 Å². The molecule has 0 atom stereocenters. The van der Waals surface area contributed by atoms with Crippen LogP contribution in [0, 0.1) is 11.8 Å². The first-order chi connectivity index (χ1) is 9.81. The molecular formula is C15H16F3NO2. The fourth-order valence-corrected chi connectivity index (χ4v) is 1.64. The van der Waals surface area contributed by atoms with Gasteiger partial charge in [-0.05, 0) is 17.7 Å². The predicted molar refractivity (Wildman–Crippen MR) is 72.2 cm³/mol. The highest BCUT2D eigenvalue weighted by molar-refractivity contribution is 5.76. The zero-order chi connectivity index (χ0) is 15.9. The van der Waals surface area contributed by atoms with Gasteiger partial charge in [0, 0.05) is 25.6 Å². The van der Waals surface area contributed by atoms with Crippen LogP contribution in [0.15, 0.2) is 24.3 Å². The molecule has 3 nitrogen and oxygen atoms in total. The summed E-state index contributed by atoms with van der Waals surface area (Å²) in [6.07, 6.45) is -5.60. The Morgan fingerprint density at radius 2 is 2.10 bits per heavy atom. The van der Waals surface area contributed by atoms with Crippen molar-refractivity contribution in [2.24, 2.45) is 0 Å². The van der Waals surface area contributed by atoms with Crippen molar-refractivity contribution in [1.29, 1.82) is 0 Å². The number of rotatable bonds is 4. The molecule has 0 saturated heterocycles. The molecule has 0 fully saturated rings. The maximum atomic E-state index is 12.2. The van der Waals surface area contributed by atoms with Crippen molar-refractivity contribution in [2.45, 2.75) is 25.6 Å². The van der Waals surface area contributed by atoms with E-state index in [-0.39, 0.29) is 13.2 Å². The van der Waals surface area contributed by atoms with Crippen LogP contribution in [0.3, 0.4) is 0 Å². The van der Waals surface area contributed by atoms with Crippen molar-refractivity contribution in [1.82, 2.24) is 4.90 Å². The van der Waals surface area contributed by atoms with Gasteiger partial charge < -0.3 is 10.0 Å². The number of hydrogen-bond donors (Lipinski definition) is 1. The number of carbonyl (C=O) groups is 1. The number of carbonyl (C=O) groups excluding carboxylic acids is 1. The number of aliphatic hydroxyl groups excluding tert-OH is 1. The minimum atomic E-state index is -4.50. The molecule has 0 bridgehead atoms. The van der Waals surface area contributed by atoms with Gasteiger partial charge in [-0.2, -0.15) is 13.2 Å². The molecule has 1 amide bonds. The van der Waals surface area contributed by atoms with Gasteiger partial charge in [0.1, 0.15) is 6.42 Å². The van der Waals surface area contributed by atoms with Crippen molar-refractivity contribution in [2.75, 3.05) is 13.7 Å². The van der Waals surface area contributed by atoms with Gasteiger partial charge in [-0.15, -0.1) is 0 Å². The van der Waals surface area contributed by atoms with Gasteiger partial charge in [-0.25, -0.2) is 0 Å². The summed E-state index contributed by atoms with van der Waals surface area (Å²) in [7, 11) is 1.33. The van der Waals surface area contributed by atoms with Crippen LogP contribution in [0.5, 0.6) is 0 Å². The molecule has 0 unspecified atom stereocenters. The molecule has 1 aromatic carbocycles. The first-order valence-corrected chi connectivity index (χ1v) is 6.31. The van der Waals surface area contributed by atoms with E-state index in [0.717, 1.165) is 4.90 Å². The summed E-state index contributed by atoms with van der Waals surface area (Å²) < 4.78 is 36.5. The van der Waals surface area contributed by atoms with Gasteiger partial charge in [-0.1, -0.05) is 24.0 Å². The summed E-state index contributed by atoms with van der Waals surface area (Å²) in [6.45, 7) is 0.0613. The summed E-state index contributed by atoms with van der Waals surface area (Å²) in [6, 6.07) is 6.90. The monoisotopic (exact) mass is 299 g/mol. The zero-order valence-electron chi connectivity index (χ0n) is 11.6. The summed E-state index contributed by atoms with van der Waals surface area (Å²) in [4.78, 5) is 12.4. The Hall–Kier alpha value is -2.00. The molecule has 6 heteroatoms. The Balaban J connectivity index is 2.69. The predicted octanol–water partition coefficient (Wildman–Crippen LogP) is 2.33. The first-order valence-electron chi connectivity index (χ1n) is 6.31. The summed E-state index contributed by atoms with van der Waals surface area (Å²) >= 11 is 0. The molecule has 114 valence electrons. The zero-order valence-corrected chi connectivity index (χ0v) is 11.6. The summed E-state index contributed by atoms with van der Waals surface area (Å²) in [5.41, 5.74) is 1.39. The first kappa shape index (κ1) is 17.1. The molecule has 0 aromatic heterocycles. The fraction of sp³-hybridized carbons (Fsp3) is 0.400. The molecule has 0 spiro atoms. The second kappa shape index (κ2) is 7.70. The van der Waals surface area contributed by atoms with Gasteiger partial charge in [0.15, 0.2) is 0 Å². The third-order valence-corrected chi connectivity index (χ3v) is 2.59. The second-order valence-corrected chi connectivity index (χ2v) is 4.52. The van der Waals surface area contributed by atoms with Crippen LogP contribution < -0.4 is 0 Å². The third-order valence-electron chi connectivity index (χ3n) is 2.59. The second-order valence-electron chi connectivity index (χ2n) is 4.52. The van der Waals surface area contributed by atoms with Crippen LogP contribution in [0.1, 0.15) is 24.0 Å². The van der Waals surface area contributed by atoms with Crippen LogP contribution in [0.2, 0.25) is 0 Å². The largest absolute Gasteiger partial charge is 0.397 e. The van der Waals surface area contributed by atoms with Crippen molar-refractivity contribution in [3.05, 3.63) is 35.4 Å². The van der Waals surface area contributed by atoms with Gasteiger partial charge in [0.05, 0.1) is 6.61 Å². The molecule has 1 N–H and O–H groups in total. The Labute approximate surface area is 121 Å². The minimum absolute atomic E-state index is 0.0264.